The van der Waals surface area contributed by atoms with Crippen LogP contribution in [0.4, 0.5) is 5.69 Å². The number of likely N-dealkylation sites (tertiary alicyclic amines) is 1. The van der Waals surface area contributed by atoms with Crippen LogP contribution >= 0.6 is 0 Å². The summed E-state index contributed by atoms with van der Waals surface area (Å²) in [5.41, 5.74) is 0.610. The minimum absolute atomic E-state index is 0.101. The highest BCUT2D eigenvalue weighted by Gasteiger charge is 2.35. The second kappa shape index (κ2) is 6.76. The molecule has 2 rings (SSSR count). The molecule has 1 aliphatic rings. The highest BCUT2D eigenvalue weighted by atomic mass is 16.6. The molecule has 0 aliphatic carbocycles. The summed E-state index contributed by atoms with van der Waals surface area (Å²) in [5, 5.41) is 20.5. The fourth-order valence-corrected chi connectivity index (χ4v) is 2.95. The maximum absolute atomic E-state index is 12.6. The van der Waals surface area contributed by atoms with Gasteiger partial charge in [-0.2, -0.15) is 0 Å². The van der Waals surface area contributed by atoms with Crippen molar-refractivity contribution in [1.29, 1.82) is 0 Å². The smallest absolute Gasteiger partial charge is 0.326 e. The zero-order chi connectivity index (χ0) is 17.1. The molecule has 2 atom stereocenters. The van der Waals surface area contributed by atoms with Gasteiger partial charge in [-0.1, -0.05) is 19.9 Å². The van der Waals surface area contributed by atoms with Crippen LogP contribution in [0.25, 0.3) is 0 Å². The molecule has 0 saturated carbocycles. The third-order valence-corrected chi connectivity index (χ3v) is 4.32. The Morgan fingerprint density at radius 3 is 2.70 bits per heavy atom. The zero-order valence-corrected chi connectivity index (χ0v) is 13.2. The number of nitrogens with zero attached hydrogens (tertiary/aromatic N) is 2. The van der Waals surface area contributed by atoms with Crippen molar-refractivity contribution >= 4 is 17.6 Å². The van der Waals surface area contributed by atoms with Crippen LogP contribution in [-0.2, 0) is 11.2 Å². The lowest BCUT2D eigenvalue weighted by Gasteiger charge is -2.36. The number of piperidine rings is 1. The number of hydrogen-bond donors (Lipinski definition) is 1. The first-order valence-corrected chi connectivity index (χ1v) is 7.66. The number of amides is 1. The molecular formula is C16H20N2O5. The Hall–Kier alpha value is -2.44. The fourth-order valence-electron chi connectivity index (χ4n) is 2.95. The van der Waals surface area contributed by atoms with Gasteiger partial charge in [0.25, 0.3) is 11.6 Å². The van der Waals surface area contributed by atoms with Crippen LogP contribution in [0.1, 0.15) is 42.6 Å². The summed E-state index contributed by atoms with van der Waals surface area (Å²) in [6.07, 6.45) is 1.62. The topological polar surface area (TPSA) is 101 Å². The van der Waals surface area contributed by atoms with Gasteiger partial charge in [-0.3, -0.25) is 14.9 Å². The van der Waals surface area contributed by atoms with E-state index in [1.54, 1.807) is 13.0 Å². The van der Waals surface area contributed by atoms with E-state index in [0.29, 0.717) is 24.9 Å². The van der Waals surface area contributed by atoms with Gasteiger partial charge in [-0.15, -0.1) is 0 Å². The minimum atomic E-state index is -1.04. The quantitative estimate of drug-likeness (QED) is 0.678. The fraction of sp³-hybridized carbons (Fsp3) is 0.500. The van der Waals surface area contributed by atoms with Gasteiger partial charge in [-0.05, 0) is 31.2 Å². The number of carboxylic acids is 1. The summed E-state index contributed by atoms with van der Waals surface area (Å²) in [7, 11) is 0. The second-order valence-electron chi connectivity index (χ2n) is 5.94. The number of aryl methyl sites for hydroxylation is 1. The molecular weight excluding hydrogens is 300 g/mol. The third-order valence-electron chi connectivity index (χ3n) is 4.32. The van der Waals surface area contributed by atoms with Crippen LogP contribution in [0.5, 0.6) is 0 Å². The molecule has 1 saturated heterocycles. The van der Waals surface area contributed by atoms with Gasteiger partial charge >= 0.3 is 5.97 Å². The molecule has 1 heterocycles. The molecule has 7 heteroatoms. The Kier molecular flexibility index (Phi) is 4.98. The number of aliphatic carboxylic acids is 1. The Bertz CT molecular complexity index is 643. The maximum Gasteiger partial charge on any atom is 0.326 e. The van der Waals surface area contributed by atoms with Gasteiger partial charge in [0.1, 0.15) is 6.04 Å². The molecule has 1 aromatic carbocycles. The van der Waals surface area contributed by atoms with Gasteiger partial charge in [-0.25, -0.2) is 4.79 Å². The Morgan fingerprint density at radius 2 is 2.13 bits per heavy atom. The van der Waals surface area contributed by atoms with E-state index in [2.05, 4.69) is 0 Å². The number of nitro groups is 1. The second-order valence-corrected chi connectivity index (χ2v) is 5.94. The van der Waals surface area contributed by atoms with Crippen molar-refractivity contribution in [3.8, 4) is 0 Å². The molecule has 1 amide bonds. The highest BCUT2D eigenvalue weighted by molar-refractivity contribution is 5.97. The summed E-state index contributed by atoms with van der Waals surface area (Å²) in [6, 6.07) is 3.47. The molecule has 23 heavy (non-hydrogen) atoms. The first kappa shape index (κ1) is 16.9. The van der Waals surface area contributed by atoms with Gasteiger partial charge in [0, 0.05) is 23.7 Å². The van der Waals surface area contributed by atoms with Gasteiger partial charge in [0.05, 0.1) is 4.92 Å². The number of carbonyl (C=O) groups is 2. The van der Waals surface area contributed by atoms with E-state index >= 15 is 0 Å². The highest BCUT2D eigenvalue weighted by Crippen LogP contribution is 2.27. The number of nitro benzene ring substituents is 1. The Labute approximate surface area is 134 Å². The van der Waals surface area contributed by atoms with Crippen molar-refractivity contribution in [3.63, 3.8) is 0 Å². The lowest BCUT2D eigenvalue weighted by molar-refractivity contribution is -0.385. The monoisotopic (exact) mass is 320 g/mol. The number of hydrogen-bond acceptors (Lipinski definition) is 4. The van der Waals surface area contributed by atoms with Gasteiger partial charge in [0.15, 0.2) is 0 Å². The van der Waals surface area contributed by atoms with Crippen LogP contribution < -0.4 is 0 Å². The molecule has 0 spiro atoms. The zero-order valence-electron chi connectivity index (χ0n) is 13.2. The van der Waals surface area contributed by atoms with Crippen LogP contribution in [0.15, 0.2) is 18.2 Å². The number of carboxylic acid groups (broad SMARTS) is 1. The largest absolute Gasteiger partial charge is 0.480 e. The van der Waals surface area contributed by atoms with E-state index in [0.717, 1.165) is 6.42 Å². The van der Waals surface area contributed by atoms with E-state index in [-0.39, 0.29) is 17.2 Å². The van der Waals surface area contributed by atoms with E-state index in [1.165, 1.54) is 17.0 Å². The van der Waals surface area contributed by atoms with E-state index in [9.17, 15) is 24.8 Å². The van der Waals surface area contributed by atoms with Crippen LogP contribution in [0.3, 0.4) is 0 Å². The molecule has 7 nitrogen and oxygen atoms in total. The van der Waals surface area contributed by atoms with Crippen molar-refractivity contribution in [2.75, 3.05) is 6.54 Å². The molecule has 2 unspecified atom stereocenters. The number of carbonyl (C=O) groups excluding carboxylic acids is 1. The van der Waals surface area contributed by atoms with E-state index < -0.39 is 22.8 Å². The molecule has 0 bridgehead atoms. The van der Waals surface area contributed by atoms with Crippen molar-refractivity contribution in [1.82, 2.24) is 4.90 Å². The predicted octanol–water partition coefficient (Wildman–Crippen LogP) is 2.48. The number of rotatable bonds is 4. The Balaban J connectivity index is 2.34. The van der Waals surface area contributed by atoms with Crippen molar-refractivity contribution in [3.05, 3.63) is 39.4 Å². The molecule has 0 radical (unpaired) electrons. The van der Waals surface area contributed by atoms with Gasteiger partial charge < -0.3 is 10.0 Å². The molecule has 1 N–H and O–H groups in total. The van der Waals surface area contributed by atoms with Crippen LogP contribution in [-0.4, -0.2) is 39.4 Å². The van der Waals surface area contributed by atoms with Crippen molar-refractivity contribution < 1.29 is 19.6 Å². The van der Waals surface area contributed by atoms with Gasteiger partial charge in [0.2, 0.25) is 0 Å². The van der Waals surface area contributed by atoms with Crippen molar-refractivity contribution in [2.45, 2.75) is 39.2 Å². The molecule has 124 valence electrons. The summed E-state index contributed by atoms with van der Waals surface area (Å²) < 4.78 is 0. The predicted molar refractivity (Wildman–Crippen MR) is 83.3 cm³/mol. The first-order valence-electron chi connectivity index (χ1n) is 7.66. The van der Waals surface area contributed by atoms with Crippen molar-refractivity contribution in [2.24, 2.45) is 5.92 Å². The number of benzene rings is 1. The van der Waals surface area contributed by atoms with E-state index in [4.69, 9.17) is 0 Å². The SMILES string of the molecule is CCc1ccc(C(=O)N2CCC(C)CC2C(=O)O)cc1[N+](=O)[O-]. The minimum Gasteiger partial charge on any atom is -0.480 e. The standard InChI is InChI=1S/C16H20N2O5/c1-3-11-4-5-12(9-13(11)18(22)23)15(19)17-7-6-10(2)8-14(17)16(20)21/h4-5,9-10,14H,3,6-8H2,1-2H3,(H,20,21). The molecule has 1 aromatic rings. The lowest BCUT2D eigenvalue weighted by Crippen LogP contribution is -2.49. The average molecular weight is 320 g/mol. The summed E-state index contributed by atoms with van der Waals surface area (Å²) >= 11 is 0. The molecule has 1 aliphatic heterocycles. The maximum atomic E-state index is 12.6. The summed E-state index contributed by atoms with van der Waals surface area (Å²) in [5.74, 6) is -1.27. The summed E-state index contributed by atoms with van der Waals surface area (Å²) in [6.45, 7) is 4.11. The van der Waals surface area contributed by atoms with Crippen LogP contribution in [0.2, 0.25) is 0 Å². The molecule has 0 aromatic heterocycles. The van der Waals surface area contributed by atoms with E-state index in [1.807, 2.05) is 6.92 Å². The van der Waals surface area contributed by atoms with Crippen LogP contribution in [0, 0.1) is 16.0 Å². The first-order chi connectivity index (χ1) is 10.8. The summed E-state index contributed by atoms with van der Waals surface area (Å²) in [4.78, 5) is 36.0. The normalized spacial score (nSPS) is 21.0. The lowest BCUT2D eigenvalue weighted by atomic mass is 9.91. The Morgan fingerprint density at radius 1 is 1.43 bits per heavy atom. The molecule has 1 fully saturated rings. The average Bonchev–Trinajstić information content (AvgIpc) is 2.53. The third kappa shape index (κ3) is 3.49.